The van der Waals surface area contributed by atoms with Crippen molar-refractivity contribution in [3.63, 3.8) is 0 Å². The van der Waals surface area contributed by atoms with E-state index in [1.807, 2.05) is 18.2 Å². The Morgan fingerprint density at radius 1 is 0.969 bits per heavy atom. The zero-order valence-corrected chi connectivity index (χ0v) is 19.1. The number of ether oxygens (including phenoxy) is 2. The minimum absolute atomic E-state index is 0.103. The molecule has 2 heterocycles. The molecule has 0 spiro atoms. The molecule has 2 saturated heterocycles. The topological polar surface area (TPSA) is 79.4 Å². The van der Waals surface area contributed by atoms with Gasteiger partial charge in [-0.25, -0.2) is 8.42 Å². The number of benzene rings is 2. The highest BCUT2D eigenvalue weighted by molar-refractivity contribution is 7.89. The van der Waals surface area contributed by atoms with E-state index in [0.29, 0.717) is 45.1 Å². The first-order valence-corrected chi connectivity index (χ1v) is 12.2. The highest BCUT2D eigenvalue weighted by Crippen LogP contribution is 2.27. The molecule has 32 heavy (non-hydrogen) atoms. The lowest BCUT2D eigenvalue weighted by atomic mass is 10.1. The Labute approximate surface area is 189 Å². The summed E-state index contributed by atoms with van der Waals surface area (Å²) < 4.78 is 38.2. The lowest BCUT2D eigenvalue weighted by Gasteiger charge is -2.35. The maximum absolute atomic E-state index is 13.3. The van der Waals surface area contributed by atoms with Crippen LogP contribution in [0.4, 0.5) is 0 Å². The van der Waals surface area contributed by atoms with Gasteiger partial charge in [-0.3, -0.25) is 9.69 Å². The molecule has 0 aromatic heterocycles. The molecule has 1 amide bonds. The van der Waals surface area contributed by atoms with Crippen LogP contribution in [-0.2, 0) is 21.3 Å². The Hall–Kier alpha value is -2.46. The highest BCUT2D eigenvalue weighted by Gasteiger charge is 2.30. The molecule has 8 nitrogen and oxygen atoms in total. The van der Waals surface area contributed by atoms with Crippen LogP contribution in [0.25, 0.3) is 0 Å². The highest BCUT2D eigenvalue weighted by atomic mass is 32.2. The van der Waals surface area contributed by atoms with Gasteiger partial charge in [0, 0.05) is 45.8 Å². The van der Waals surface area contributed by atoms with E-state index >= 15 is 0 Å². The maximum Gasteiger partial charge on any atom is 0.257 e. The van der Waals surface area contributed by atoms with E-state index in [1.54, 1.807) is 11.0 Å². The summed E-state index contributed by atoms with van der Waals surface area (Å²) in [4.78, 5) is 17.5. The number of piperazine rings is 1. The third kappa shape index (κ3) is 4.96. The van der Waals surface area contributed by atoms with Gasteiger partial charge in [0.05, 0.1) is 30.8 Å². The first-order chi connectivity index (χ1) is 15.5. The molecule has 0 radical (unpaired) electrons. The first-order valence-electron chi connectivity index (χ1n) is 10.8. The Balaban J connectivity index is 1.47. The van der Waals surface area contributed by atoms with E-state index < -0.39 is 10.0 Å². The average Bonchev–Trinajstić information content (AvgIpc) is 2.85. The van der Waals surface area contributed by atoms with Crippen LogP contribution in [0.2, 0.25) is 0 Å². The third-order valence-corrected chi connectivity index (χ3v) is 7.81. The second-order valence-corrected chi connectivity index (χ2v) is 9.87. The van der Waals surface area contributed by atoms with Crippen molar-refractivity contribution in [2.45, 2.75) is 11.4 Å². The molecule has 9 heteroatoms. The SMILES string of the molecule is COc1ccc(S(=O)(=O)N2CCOCC2)cc1C(=O)N1CCN(Cc2ccccc2)CC1. The molecular formula is C23H29N3O5S. The van der Waals surface area contributed by atoms with Gasteiger partial charge in [-0.15, -0.1) is 0 Å². The van der Waals surface area contributed by atoms with E-state index in [9.17, 15) is 13.2 Å². The molecule has 2 aliphatic heterocycles. The van der Waals surface area contributed by atoms with Crippen molar-refractivity contribution in [3.8, 4) is 5.75 Å². The van der Waals surface area contributed by atoms with Crippen LogP contribution in [-0.4, -0.2) is 88.0 Å². The molecule has 2 aromatic carbocycles. The number of morpholine rings is 1. The van der Waals surface area contributed by atoms with Gasteiger partial charge in [-0.2, -0.15) is 4.31 Å². The third-order valence-electron chi connectivity index (χ3n) is 5.92. The van der Waals surface area contributed by atoms with Gasteiger partial charge in [0.25, 0.3) is 5.91 Å². The fourth-order valence-electron chi connectivity index (χ4n) is 4.07. The molecule has 0 saturated carbocycles. The van der Waals surface area contributed by atoms with Crippen LogP contribution < -0.4 is 4.74 Å². The number of hydrogen-bond acceptors (Lipinski definition) is 6. The molecule has 172 valence electrons. The molecule has 2 aliphatic rings. The molecule has 2 aromatic rings. The fourth-order valence-corrected chi connectivity index (χ4v) is 5.51. The Bertz CT molecular complexity index is 1030. The van der Waals surface area contributed by atoms with Crippen molar-refractivity contribution >= 4 is 15.9 Å². The molecule has 0 atom stereocenters. The van der Waals surface area contributed by atoms with Crippen molar-refractivity contribution < 1.29 is 22.7 Å². The van der Waals surface area contributed by atoms with Gasteiger partial charge in [0.2, 0.25) is 10.0 Å². The van der Waals surface area contributed by atoms with Gasteiger partial charge >= 0.3 is 0 Å². The van der Waals surface area contributed by atoms with Gasteiger partial charge in [0.15, 0.2) is 0 Å². The van der Waals surface area contributed by atoms with Crippen LogP contribution in [0.5, 0.6) is 5.75 Å². The molecule has 0 unspecified atom stereocenters. The second kappa shape index (κ2) is 9.99. The monoisotopic (exact) mass is 459 g/mol. The summed E-state index contributed by atoms with van der Waals surface area (Å²) in [6, 6.07) is 14.8. The Kier molecular flexibility index (Phi) is 7.10. The van der Waals surface area contributed by atoms with Crippen LogP contribution in [0.15, 0.2) is 53.4 Å². The maximum atomic E-state index is 13.3. The van der Waals surface area contributed by atoms with Gasteiger partial charge < -0.3 is 14.4 Å². The van der Waals surface area contributed by atoms with Crippen LogP contribution in [0.3, 0.4) is 0 Å². The van der Waals surface area contributed by atoms with Crippen LogP contribution >= 0.6 is 0 Å². The van der Waals surface area contributed by atoms with Gasteiger partial charge in [-0.1, -0.05) is 30.3 Å². The van der Waals surface area contributed by atoms with Crippen molar-refractivity contribution in [3.05, 3.63) is 59.7 Å². The zero-order chi connectivity index (χ0) is 22.6. The number of rotatable bonds is 6. The predicted octanol–water partition coefficient (Wildman–Crippen LogP) is 1.67. The zero-order valence-electron chi connectivity index (χ0n) is 18.3. The number of hydrogen-bond donors (Lipinski definition) is 0. The number of carbonyl (C=O) groups is 1. The van der Waals surface area contributed by atoms with Crippen LogP contribution in [0, 0.1) is 0 Å². The van der Waals surface area contributed by atoms with Crippen molar-refractivity contribution in [1.82, 2.24) is 14.1 Å². The quantitative estimate of drug-likeness (QED) is 0.654. The first kappa shape index (κ1) is 22.7. The van der Waals surface area contributed by atoms with E-state index in [0.717, 1.165) is 19.6 Å². The second-order valence-electron chi connectivity index (χ2n) is 7.93. The lowest BCUT2D eigenvalue weighted by Crippen LogP contribution is -2.48. The summed E-state index contributed by atoms with van der Waals surface area (Å²) in [5.41, 5.74) is 1.52. The molecular weight excluding hydrogens is 430 g/mol. The number of amides is 1. The van der Waals surface area contributed by atoms with E-state index in [2.05, 4.69) is 17.0 Å². The van der Waals surface area contributed by atoms with E-state index in [1.165, 1.54) is 29.1 Å². The average molecular weight is 460 g/mol. The number of methoxy groups -OCH3 is 1. The van der Waals surface area contributed by atoms with E-state index in [4.69, 9.17) is 9.47 Å². The summed E-state index contributed by atoms with van der Waals surface area (Å²) in [5, 5.41) is 0. The molecule has 0 N–H and O–H groups in total. The van der Waals surface area contributed by atoms with Gasteiger partial charge in [0.1, 0.15) is 5.75 Å². The molecule has 0 bridgehead atoms. The number of sulfonamides is 1. The standard InChI is InChI=1S/C23H29N3O5S/c1-30-22-8-7-20(32(28,29)26-13-15-31-16-14-26)17-21(22)23(27)25-11-9-24(10-12-25)18-19-5-3-2-4-6-19/h2-8,17H,9-16,18H2,1H3. The number of nitrogens with zero attached hydrogens (tertiary/aromatic N) is 3. The summed E-state index contributed by atoms with van der Waals surface area (Å²) >= 11 is 0. The van der Waals surface area contributed by atoms with E-state index in [-0.39, 0.29) is 16.4 Å². The molecule has 0 aliphatic carbocycles. The summed E-state index contributed by atoms with van der Waals surface area (Å²) in [6.07, 6.45) is 0. The summed E-state index contributed by atoms with van der Waals surface area (Å²) in [5.74, 6) is 0.169. The summed E-state index contributed by atoms with van der Waals surface area (Å²) in [7, 11) is -2.21. The largest absolute Gasteiger partial charge is 0.496 e. The minimum Gasteiger partial charge on any atom is -0.496 e. The lowest BCUT2D eigenvalue weighted by molar-refractivity contribution is 0.0625. The molecule has 4 rings (SSSR count). The fraction of sp³-hybridized carbons (Fsp3) is 0.435. The predicted molar refractivity (Wildman–Crippen MR) is 120 cm³/mol. The van der Waals surface area contributed by atoms with Crippen LogP contribution in [0.1, 0.15) is 15.9 Å². The van der Waals surface area contributed by atoms with Crippen molar-refractivity contribution in [1.29, 1.82) is 0 Å². The van der Waals surface area contributed by atoms with Crippen molar-refractivity contribution in [2.24, 2.45) is 0 Å². The Morgan fingerprint density at radius 2 is 1.66 bits per heavy atom. The summed E-state index contributed by atoms with van der Waals surface area (Å²) in [6.45, 7) is 4.87. The Morgan fingerprint density at radius 3 is 2.31 bits per heavy atom. The minimum atomic E-state index is -3.70. The molecule has 2 fully saturated rings. The number of carbonyl (C=O) groups excluding carboxylic acids is 1. The smallest absolute Gasteiger partial charge is 0.257 e. The van der Waals surface area contributed by atoms with Crippen molar-refractivity contribution in [2.75, 3.05) is 59.6 Å². The normalized spacial score (nSPS) is 18.5. The van der Waals surface area contributed by atoms with Gasteiger partial charge in [-0.05, 0) is 23.8 Å².